The van der Waals surface area contributed by atoms with Gasteiger partial charge in [-0.25, -0.2) is 0 Å². The van der Waals surface area contributed by atoms with E-state index in [-0.39, 0.29) is 5.41 Å². The summed E-state index contributed by atoms with van der Waals surface area (Å²) >= 11 is 1.91. The Kier molecular flexibility index (Phi) is 6.07. The van der Waals surface area contributed by atoms with E-state index in [1.54, 1.807) is 0 Å². The molecule has 17 heavy (non-hydrogen) atoms. The molecule has 0 unspecified atom stereocenters. The van der Waals surface area contributed by atoms with Crippen molar-refractivity contribution in [3.63, 3.8) is 0 Å². The summed E-state index contributed by atoms with van der Waals surface area (Å²) in [6.45, 7) is 8.86. The van der Waals surface area contributed by atoms with E-state index in [9.17, 15) is 0 Å². The quantitative estimate of drug-likeness (QED) is 0.771. The molecule has 0 aromatic heterocycles. The fourth-order valence-corrected chi connectivity index (χ4v) is 2.13. The third-order valence-electron chi connectivity index (χ3n) is 2.85. The Bertz CT molecular complexity index is 311. The van der Waals surface area contributed by atoms with Gasteiger partial charge < -0.3 is 5.32 Å². The van der Waals surface area contributed by atoms with Crippen LogP contribution in [0.15, 0.2) is 24.3 Å². The van der Waals surface area contributed by atoms with Crippen molar-refractivity contribution in [3.8, 4) is 0 Å². The summed E-state index contributed by atoms with van der Waals surface area (Å²) in [5.41, 5.74) is 3.04. The molecule has 0 fully saturated rings. The first kappa shape index (κ1) is 14.6. The largest absolute Gasteiger partial charge is 0.313 e. The third kappa shape index (κ3) is 5.60. The van der Waals surface area contributed by atoms with Crippen LogP contribution in [0.2, 0.25) is 0 Å². The number of thioether (sulfide) groups is 1. The predicted octanol–water partition coefficient (Wildman–Crippen LogP) is 3.83. The van der Waals surface area contributed by atoms with Gasteiger partial charge in [-0.3, -0.25) is 0 Å². The van der Waals surface area contributed by atoms with E-state index in [0.717, 1.165) is 13.1 Å². The van der Waals surface area contributed by atoms with Crippen LogP contribution < -0.4 is 5.32 Å². The molecule has 0 bridgehead atoms. The van der Waals surface area contributed by atoms with Crippen LogP contribution in [0, 0.1) is 0 Å². The lowest BCUT2D eigenvalue weighted by atomic mass is 9.87. The predicted molar refractivity (Wildman–Crippen MR) is 79.8 cm³/mol. The topological polar surface area (TPSA) is 12.0 Å². The molecule has 0 saturated carbocycles. The minimum Gasteiger partial charge on any atom is -0.313 e. The van der Waals surface area contributed by atoms with Crippen molar-refractivity contribution in [3.05, 3.63) is 35.4 Å². The van der Waals surface area contributed by atoms with E-state index in [1.807, 2.05) is 11.8 Å². The third-order valence-corrected chi connectivity index (χ3v) is 3.55. The van der Waals surface area contributed by atoms with Gasteiger partial charge >= 0.3 is 0 Å². The highest BCUT2D eigenvalue weighted by Crippen LogP contribution is 2.22. The summed E-state index contributed by atoms with van der Waals surface area (Å²) in [6, 6.07) is 8.97. The summed E-state index contributed by atoms with van der Waals surface area (Å²) in [5.74, 6) is 1.25. The molecule has 96 valence electrons. The summed E-state index contributed by atoms with van der Waals surface area (Å²) < 4.78 is 0. The average molecular weight is 251 g/mol. The van der Waals surface area contributed by atoms with Crippen molar-refractivity contribution in [2.45, 2.75) is 39.2 Å². The molecule has 0 radical (unpaired) electrons. The van der Waals surface area contributed by atoms with Gasteiger partial charge in [0.05, 0.1) is 0 Å². The molecular weight excluding hydrogens is 226 g/mol. The number of hydrogen-bond acceptors (Lipinski definition) is 2. The maximum Gasteiger partial charge on any atom is 0.0205 e. The molecule has 0 saturated heterocycles. The Morgan fingerprint density at radius 2 is 1.76 bits per heavy atom. The first-order valence-corrected chi connectivity index (χ1v) is 7.72. The van der Waals surface area contributed by atoms with Crippen LogP contribution >= 0.6 is 11.8 Å². The van der Waals surface area contributed by atoms with Gasteiger partial charge in [-0.15, -0.1) is 0 Å². The summed E-state index contributed by atoms with van der Waals surface area (Å²) in [4.78, 5) is 0. The summed E-state index contributed by atoms with van der Waals surface area (Å²) in [6.07, 6.45) is 3.41. The standard InChI is InChI=1S/C15H25NS/c1-15(2,3)14-8-6-13(7-9-14)12-16-10-5-11-17-4/h6-9,16H,5,10-12H2,1-4H3. The van der Waals surface area contributed by atoms with E-state index in [0.29, 0.717) is 0 Å². The second kappa shape index (κ2) is 7.07. The number of hydrogen-bond donors (Lipinski definition) is 1. The van der Waals surface area contributed by atoms with Crippen LogP contribution in [0.5, 0.6) is 0 Å². The molecule has 2 heteroatoms. The Balaban J connectivity index is 2.36. The molecule has 0 aliphatic rings. The Morgan fingerprint density at radius 1 is 1.12 bits per heavy atom. The van der Waals surface area contributed by atoms with Crippen LogP contribution in [0.25, 0.3) is 0 Å². The van der Waals surface area contributed by atoms with Gasteiger partial charge in [0.25, 0.3) is 0 Å². The van der Waals surface area contributed by atoms with Crippen LogP contribution in [0.4, 0.5) is 0 Å². The van der Waals surface area contributed by atoms with E-state index < -0.39 is 0 Å². The monoisotopic (exact) mass is 251 g/mol. The highest BCUT2D eigenvalue weighted by atomic mass is 32.2. The number of nitrogens with one attached hydrogen (secondary N) is 1. The normalized spacial score (nSPS) is 11.8. The highest BCUT2D eigenvalue weighted by molar-refractivity contribution is 7.98. The van der Waals surface area contributed by atoms with Crippen molar-refractivity contribution >= 4 is 11.8 Å². The summed E-state index contributed by atoms with van der Waals surface area (Å²) in [5, 5.41) is 3.48. The molecular formula is C15H25NS. The van der Waals surface area contributed by atoms with E-state index in [2.05, 4.69) is 56.6 Å². The zero-order chi connectivity index (χ0) is 12.7. The smallest absolute Gasteiger partial charge is 0.0205 e. The van der Waals surface area contributed by atoms with Gasteiger partial charge in [0, 0.05) is 6.54 Å². The number of benzene rings is 1. The maximum absolute atomic E-state index is 3.48. The average Bonchev–Trinajstić information content (AvgIpc) is 2.28. The molecule has 1 N–H and O–H groups in total. The van der Waals surface area contributed by atoms with Gasteiger partial charge in [0.1, 0.15) is 0 Å². The lowest BCUT2D eigenvalue weighted by Gasteiger charge is -2.19. The first-order valence-electron chi connectivity index (χ1n) is 6.33. The molecule has 1 nitrogen and oxygen atoms in total. The second-order valence-electron chi connectivity index (χ2n) is 5.47. The molecule has 1 rings (SSSR count). The Morgan fingerprint density at radius 3 is 2.29 bits per heavy atom. The molecule has 0 aliphatic carbocycles. The lowest BCUT2D eigenvalue weighted by molar-refractivity contribution is 0.589. The van der Waals surface area contributed by atoms with Crippen LogP contribution in [0.3, 0.4) is 0 Å². The van der Waals surface area contributed by atoms with Gasteiger partial charge in [-0.1, -0.05) is 45.0 Å². The van der Waals surface area contributed by atoms with Gasteiger partial charge in [0.2, 0.25) is 0 Å². The van der Waals surface area contributed by atoms with Crippen LogP contribution in [-0.2, 0) is 12.0 Å². The minimum absolute atomic E-state index is 0.254. The number of rotatable bonds is 6. The van der Waals surface area contributed by atoms with E-state index in [4.69, 9.17) is 0 Å². The van der Waals surface area contributed by atoms with Crippen molar-refractivity contribution < 1.29 is 0 Å². The molecule has 0 amide bonds. The Labute approximate surface area is 110 Å². The zero-order valence-corrected chi connectivity index (χ0v) is 12.4. The van der Waals surface area contributed by atoms with Gasteiger partial charge in [0.15, 0.2) is 0 Å². The van der Waals surface area contributed by atoms with Crippen LogP contribution in [0.1, 0.15) is 38.3 Å². The molecule has 1 aromatic carbocycles. The van der Waals surface area contributed by atoms with Crippen LogP contribution in [-0.4, -0.2) is 18.6 Å². The maximum atomic E-state index is 3.48. The highest BCUT2D eigenvalue weighted by Gasteiger charge is 2.12. The zero-order valence-electron chi connectivity index (χ0n) is 11.5. The molecule has 0 atom stereocenters. The molecule has 1 aromatic rings. The Hall–Kier alpha value is -0.470. The van der Waals surface area contributed by atoms with Crippen molar-refractivity contribution in [2.24, 2.45) is 0 Å². The van der Waals surface area contributed by atoms with Crippen molar-refractivity contribution in [1.29, 1.82) is 0 Å². The van der Waals surface area contributed by atoms with Crippen molar-refractivity contribution in [2.75, 3.05) is 18.6 Å². The molecule has 0 heterocycles. The summed E-state index contributed by atoms with van der Waals surface area (Å²) in [7, 11) is 0. The first-order chi connectivity index (χ1) is 8.04. The molecule has 0 spiro atoms. The SMILES string of the molecule is CSCCCNCc1ccc(C(C)(C)C)cc1. The lowest BCUT2D eigenvalue weighted by Crippen LogP contribution is -2.16. The van der Waals surface area contributed by atoms with Gasteiger partial charge in [-0.05, 0) is 41.5 Å². The van der Waals surface area contributed by atoms with E-state index >= 15 is 0 Å². The fourth-order valence-electron chi connectivity index (χ4n) is 1.70. The fraction of sp³-hybridized carbons (Fsp3) is 0.600. The van der Waals surface area contributed by atoms with Crippen molar-refractivity contribution in [1.82, 2.24) is 5.32 Å². The molecule has 0 aliphatic heterocycles. The second-order valence-corrected chi connectivity index (χ2v) is 6.46. The van der Waals surface area contributed by atoms with Gasteiger partial charge in [-0.2, -0.15) is 11.8 Å². The minimum atomic E-state index is 0.254. The van der Waals surface area contributed by atoms with E-state index in [1.165, 1.54) is 23.3 Å².